The van der Waals surface area contributed by atoms with Gasteiger partial charge in [-0.05, 0) is 23.8 Å². The number of nitrogen functional groups attached to an aromatic ring is 1. The lowest BCUT2D eigenvalue weighted by atomic mass is 9.91. The van der Waals surface area contributed by atoms with E-state index >= 15 is 0 Å². The maximum atomic E-state index is 10.0. The molecule has 1 aromatic heterocycles. The van der Waals surface area contributed by atoms with Crippen LogP contribution in [0.25, 0.3) is 22.4 Å². The second-order valence-electron chi connectivity index (χ2n) is 4.79. The third kappa shape index (κ3) is 2.14. The third-order valence-corrected chi connectivity index (χ3v) is 3.27. The number of rotatable bonds is 2. The van der Waals surface area contributed by atoms with Gasteiger partial charge in [-0.25, -0.2) is 0 Å². The van der Waals surface area contributed by atoms with Crippen LogP contribution in [0, 0.1) is 0 Å². The quantitative estimate of drug-likeness (QED) is 0.481. The van der Waals surface area contributed by atoms with Gasteiger partial charge in [-0.3, -0.25) is 5.10 Å². The van der Waals surface area contributed by atoms with Crippen molar-refractivity contribution >= 4 is 19.0 Å². The van der Waals surface area contributed by atoms with E-state index in [0.29, 0.717) is 0 Å². The molecule has 0 amide bonds. The van der Waals surface area contributed by atoms with Crippen molar-refractivity contribution in [3.8, 4) is 28.1 Å². The molecule has 0 aliphatic heterocycles. The second-order valence-corrected chi connectivity index (χ2v) is 4.79. The highest BCUT2D eigenvalue weighted by molar-refractivity contribution is 6.32. The maximum Gasteiger partial charge on any atom is 0.139 e. The molecular weight excluding hydrogens is 249 g/mol. The molecule has 0 aliphatic carbocycles. The van der Waals surface area contributed by atoms with E-state index in [1.165, 1.54) is 0 Å². The first-order chi connectivity index (χ1) is 9.65. The Balaban J connectivity index is 2.15. The summed E-state index contributed by atoms with van der Waals surface area (Å²) in [6.45, 7) is 0. The zero-order valence-corrected chi connectivity index (χ0v) is 11.1. The summed E-state index contributed by atoms with van der Waals surface area (Å²) in [5, 5.41) is 17.2. The molecule has 0 aliphatic rings. The van der Waals surface area contributed by atoms with Crippen LogP contribution in [0.2, 0.25) is 0 Å². The van der Waals surface area contributed by atoms with Crippen molar-refractivity contribution in [1.29, 1.82) is 0 Å². The van der Waals surface area contributed by atoms with Gasteiger partial charge in [-0.15, -0.1) is 0 Å². The van der Waals surface area contributed by atoms with E-state index < -0.39 is 0 Å². The Morgan fingerprint density at radius 3 is 2.55 bits per heavy atom. The number of phenols is 1. The summed E-state index contributed by atoms with van der Waals surface area (Å²) in [5.41, 5.74) is 10.9. The summed E-state index contributed by atoms with van der Waals surface area (Å²) < 4.78 is 0. The van der Waals surface area contributed by atoms with Crippen LogP contribution in [0.1, 0.15) is 0 Å². The molecular formula is C15H14BN3O. The number of nitrogens with one attached hydrogen (secondary N) is 1. The van der Waals surface area contributed by atoms with Crippen LogP contribution in [0.3, 0.4) is 0 Å². The monoisotopic (exact) mass is 263 g/mol. The molecule has 98 valence electrons. The molecule has 1 heterocycles. The number of anilines is 1. The van der Waals surface area contributed by atoms with Crippen molar-refractivity contribution in [3.63, 3.8) is 0 Å². The average Bonchev–Trinajstić information content (AvgIpc) is 2.91. The summed E-state index contributed by atoms with van der Waals surface area (Å²) in [6, 6.07) is 13.1. The number of nitrogens with two attached hydrogens (primary N) is 1. The lowest BCUT2D eigenvalue weighted by Gasteiger charge is -2.06. The van der Waals surface area contributed by atoms with Gasteiger partial charge in [0.2, 0.25) is 0 Å². The van der Waals surface area contributed by atoms with Crippen molar-refractivity contribution in [2.75, 3.05) is 5.73 Å². The predicted octanol–water partition coefficient (Wildman–Crippen LogP) is 1.29. The smallest absolute Gasteiger partial charge is 0.139 e. The number of H-pyrrole nitrogens is 1. The first-order valence-electron chi connectivity index (χ1n) is 6.35. The number of aromatic amines is 1. The van der Waals surface area contributed by atoms with Crippen LogP contribution < -0.4 is 11.2 Å². The van der Waals surface area contributed by atoms with E-state index in [1.54, 1.807) is 6.07 Å². The Bertz CT molecular complexity index is 750. The molecule has 4 N–H and O–H groups in total. The Hall–Kier alpha value is -2.69. The topological polar surface area (TPSA) is 74.9 Å². The molecule has 0 fully saturated rings. The molecule has 5 heteroatoms. The molecule has 0 radical (unpaired) electrons. The van der Waals surface area contributed by atoms with Crippen LogP contribution in [0.4, 0.5) is 5.69 Å². The summed E-state index contributed by atoms with van der Waals surface area (Å²) in [4.78, 5) is 0. The Morgan fingerprint density at radius 2 is 1.80 bits per heavy atom. The summed E-state index contributed by atoms with van der Waals surface area (Å²) in [6.07, 6.45) is 1.82. The van der Waals surface area contributed by atoms with Crippen molar-refractivity contribution < 1.29 is 5.11 Å². The molecule has 0 unspecified atom stereocenters. The van der Waals surface area contributed by atoms with Gasteiger partial charge in [0, 0.05) is 23.0 Å². The number of hydrogen-bond acceptors (Lipinski definition) is 3. The van der Waals surface area contributed by atoms with Gasteiger partial charge in [0.15, 0.2) is 0 Å². The molecule has 0 saturated heterocycles. The van der Waals surface area contributed by atoms with Crippen molar-refractivity contribution in [2.45, 2.75) is 0 Å². The summed E-state index contributed by atoms with van der Waals surface area (Å²) in [5.74, 6) is 0.222. The number of aromatic nitrogens is 2. The maximum absolute atomic E-state index is 10.0. The first kappa shape index (κ1) is 12.4. The van der Waals surface area contributed by atoms with Gasteiger partial charge in [0.25, 0.3) is 0 Å². The van der Waals surface area contributed by atoms with E-state index in [-0.39, 0.29) is 5.75 Å². The third-order valence-electron chi connectivity index (χ3n) is 3.27. The van der Waals surface area contributed by atoms with Gasteiger partial charge in [0.1, 0.15) is 19.3 Å². The molecule has 3 rings (SSSR count). The SMILES string of the molecule is Bc1ccc(O)c(-c2n[nH]cc2-c2ccc(N)cc2)c1. The Morgan fingerprint density at radius 1 is 1.05 bits per heavy atom. The second kappa shape index (κ2) is 4.77. The lowest BCUT2D eigenvalue weighted by Crippen LogP contribution is -2.01. The number of nitrogens with zero attached hydrogens (tertiary/aromatic N) is 1. The zero-order valence-electron chi connectivity index (χ0n) is 11.1. The molecule has 2 aromatic carbocycles. The van der Waals surface area contributed by atoms with Crippen LogP contribution in [0.5, 0.6) is 5.75 Å². The fourth-order valence-electron chi connectivity index (χ4n) is 2.22. The number of phenolic OH excluding ortho intramolecular Hbond substituents is 1. The Kier molecular flexibility index (Phi) is 2.95. The number of aromatic hydroxyl groups is 1. The van der Waals surface area contributed by atoms with E-state index in [4.69, 9.17) is 5.73 Å². The van der Waals surface area contributed by atoms with E-state index in [0.717, 1.165) is 33.5 Å². The minimum atomic E-state index is 0.222. The standard InChI is InChI=1S/C15H14BN3O/c16-10-3-6-14(20)12(7-10)15-13(8-18-19-15)9-1-4-11(17)5-2-9/h1-8,20H,16-17H2,(H,18,19). The molecule has 20 heavy (non-hydrogen) atoms. The lowest BCUT2D eigenvalue weighted by molar-refractivity contribution is 0.477. The highest BCUT2D eigenvalue weighted by atomic mass is 16.3. The van der Waals surface area contributed by atoms with E-state index in [9.17, 15) is 5.11 Å². The fourth-order valence-corrected chi connectivity index (χ4v) is 2.22. The molecule has 0 bridgehead atoms. The van der Waals surface area contributed by atoms with Crippen LogP contribution in [0.15, 0.2) is 48.7 Å². The van der Waals surface area contributed by atoms with Crippen molar-refractivity contribution in [3.05, 3.63) is 48.7 Å². The molecule has 4 nitrogen and oxygen atoms in total. The van der Waals surface area contributed by atoms with Gasteiger partial charge in [0.05, 0.1) is 0 Å². The van der Waals surface area contributed by atoms with Crippen molar-refractivity contribution in [2.24, 2.45) is 0 Å². The first-order valence-corrected chi connectivity index (χ1v) is 6.35. The molecule has 0 atom stereocenters. The predicted molar refractivity (Wildman–Crippen MR) is 83.7 cm³/mol. The van der Waals surface area contributed by atoms with Crippen molar-refractivity contribution in [1.82, 2.24) is 10.2 Å². The van der Waals surface area contributed by atoms with E-state index in [1.807, 2.05) is 50.4 Å². The Labute approximate surface area is 117 Å². The normalized spacial score (nSPS) is 10.6. The van der Waals surface area contributed by atoms with Gasteiger partial charge < -0.3 is 10.8 Å². The highest BCUT2D eigenvalue weighted by Gasteiger charge is 2.13. The highest BCUT2D eigenvalue weighted by Crippen LogP contribution is 2.34. The summed E-state index contributed by atoms with van der Waals surface area (Å²) >= 11 is 0. The van der Waals surface area contributed by atoms with E-state index in [2.05, 4.69) is 10.2 Å². The number of benzene rings is 2. The average molecular weight is 263 g/mol. The van der Waals surface area contributed by atoms with Crippen LogP contribution in [-0.4, -0.2) is 23.2 Å². The molecule has 0 spiro atoms. The molecule has 0 saturated carbocycles. The van der Waals surface area contributed by atoms with Gasteiger partial charge in [-0.1, -0.05) is 29.7 Å². The minimum Gasteiger partial charge on any atom is -0.507 e. The van der Waals surface area contributed by atoms with Gasteiger partial charge >= 0.3 is 0 Å². The number of hydrogen-bond donors (Lipinski definition) is 3. The molecule has 3 aromatic rings. The fraction of sp³-hybridized carbons (Fsp3) is 0. The summed E-state index contributed by atoms with van der Waals surface area (Å²) in [7, 11) is 1.98. The van der Waals surface area contributed by atoms with Gasteiger partial charge in [-0.2, -0.15) is 5.10 Å². The minimum absolute atomic E-state index is 0.222. The van der Waals surface area contributed by atoms with Crippen LogP contribution in [-0.2, 0) is 0 Å². The largest absolute Gasteiger partial charge is 0.507 e. The zero-order chi connectivity index (χ0) is 14.1. The van der Waals surface area contributed by atoms with Crippen LogP contribution >= 0.6 is 0 Å².